The Labute approximate surface area is 118 Å². The van der Waals surface area contributed by atoms with E-state index < -0.39 is 6.04 Å². The SMILES string of the molecule is CNC(=O)CNC(=O)[C@@H]1CCCN1C(=O)[C@@H]1CCCN1. The summed E-state index contributed by atoms with van der Waals surface area (Å²) < 4.78 is 0. The summed E-state index contributed by atoms with van der Waals surface area (Å²) in [7, 11) is 1.52. The number of hydrogen-bond donors (Lipinski definition) is 3. The maximum Gasteiger partial charge on any atom is 0.243 e. The smallest absolute Gasteiger partial charge is 0.243 e. The van der Waals surface area contributed by atoms with Crippen molar-refractivity contribution in [2.75, 3.05) is 26.7 Å². The zero-order valence-corrected chi connectivity index (χ0v) is 11.8. The topological polar surface area (TPSA) is 90.5 Å². The van der Waals surface area contributed by atoms with Crippen molar-refractivity contribution >= 4 is 17.7 Å². The summed E-state index contributed by atoms with van der Waals surface area (Å²) in [6.45, 7) is 1.43. The second-order valence-corrected chi connectivity index (χ2v) is 5.23. The largest absolute Gasteiger partial charge is 0.358 e. The number of rotatable bonds is 4. The fourth-order valence-electron chi connectivity index (χ4n) is 2.77. The minimum Gasteiger partial charge on any atom is -0.358 e. The van der Waals surface area contributed by atoms with Crippen LogP contribution < -0.4 is 16.0 Å². The summed E-state index contributed by atoms with van der Waals surface area (Å²) in [6, 6.07) is -0.586. The van der Waals surface area contributed by atoms with Crippen LogP contribution in [-0.2, 0) is 14.4 Å². The van der Waals surface area contributed by atoms with Gasteiger partial charge in [0, 0.05) is 13.6 Å². The van der Waals surface area contributed by atoms with E-state index in [0.717, 1.165) is 25.8 Å². The Hall–Kier alpha value is -1.63. The summed E-state index contributed by atoms with van der Waals surface area (Å²) in [6.07, 6.45) is 3.33. The van der Waals surface area contributed by atoms with Gasteiger partial charge in [-0.05, 0) is 32.2 Å². The number of nitrogens with zero attached hydrogens (tertiary/aromatic N) is 1. The molecule has 2 fully saturated rings. The summed E-state index contributed by atoms with van der Waals surface area (Å²) in [4.78, 5) is 37.2. The predicted octanol–water partition coefficient (Wildman–Crippen LogP) is -1.41. The van der Waals surface area contributed by atoms with E-state index in [9.17, 15) is 14.4 Å². The Kier molecular flexibility index (Phi) is 4.94. The molecule has 0 spiro atoms. The van der Waals surface area contributed by atoms with Crippen LogP contribution in [0.3, 0.4) is 0 Å². The maximum absolute atomic E-state index is 12.4. The van der Waals surface area contributed by atoms with Crippen molar-refractivity contribution in [2.45, 2.75) is 37.8 Å². The molecule has 0 aliphatic carbocycles. The fourth-order valence-corrected chi connectivity index (χ4v) is 2.77. The van der Waals surface area contributed by atoms with Crippen molar-refractivity contribution < 1.29 is 14.4 Å². The van der Waals surface area contributed by atoms with Gasteiger partial charge in [-0.15, -0.1) is 0 Å². The van der Waals surface area contributed by atoms with Crippen LogP contribution in [0.1, 0.15) is 25.7 Å². The second-order valence-electron chi connectivity index (χ2n) is 5.23. The van der Waals surface area contributed by atoms with E-state index in [-0.39, 0.29) is 30.3 Å². The lowest BCUT2D eigenvalue weighted by Gasteiger charge is -2.26. The van der Waals surface area contributed by atoms with E-state index in [0.29, 0.717) is 13.0 Å². The molecule has 2 aliphatic heterocycles. The molecule has 112 valence electrons. The molecule has 0 aromatic heterocycles. The number of amides is 3. The highest BCUT2D eigenvalue weighted by Gasteiger charge is 2.37. The Bertz CT molecular complexity index is 393. The van der Waals surface area contributed by atoms with Crippen LogP contribution >= 0.6 is 0 Å². The van der Waals surface area contributed by atoms with E-state index >= 15 is 0 Å². The van der Waals surface area contributed by atoms with Crippen molar-refractivity contribution in [2.24, 2.45) is 0 Å². The van der Waals surface area contributed by atoms with E-state index in [2.05, 4.69) is 16.0 Å². The van der Waals surface area contributed by atoms with Gasteiger partial charge >= 0.3 is 0 Å². The Morgan fingerprint density at radius 2 is 2.05 bits per heavy atom. The van der Waals surface area contributed by atoms with Crippen LogP contribution in [0.25, 0.3) is 0 Å². The minimum absolute atomic E-state index is 0.0140. The number of carbonyl (C=O) groups excluding carboxylic acids is 3. The van der Waals surface area contributed by atoms with Crippen LogP contribution in [0, 0.1) is 0 Å². The van der Waals surface area contributed by atoms with Gasteiger partial charge in [-0.25, -0.2) is 0 Å². The standard InChI is InChI=1S/C13H22N4O3/c1-14-11(18)8-16-12(19)10-5-3-7-17(10)13(20)9-4-2-6-15-9/h9-10,15H,2-8H2,1H3,(H,14,18)(H,16,19)/t9-,10-/m0/s1. The highest BCUT2D eigenvalue weighted by atomic mass is 16.2. The van der Waals surface area contributed by atoms with Crippen LogP contribution in [-0.4, -0.2) is 61.4 Å². The first-order valence-electron chi connectivity index (χ1n) is 7.15. The molecule has 3 amide bonds. The molecule has 2 rings (SSSR count). The van der Waals surface area contributed by atoms with Gasteiger partial charge in [-0.1, -0.05) is 0 Å². The van der Waals surface area contributed by atoms with Gasteiger partial charge in [0.25, 0.3) is 0 Å². The Morgan fingerprint density at radius 1 is 1.25 bits per heavy atom. The van der Waals surface area contributed by atoms with Gasteiger partial charge in [-0.2, -0.15) is 0 Å². The molecule has 2 heterocycles. The fraction of sp³-hybridized carbons (Fsp3) is 0.769. The normalized spacial score (nSPS) is 25.6. The number of likely N-dealkylation sites (N-methyl/N-ethyl adjacent to an activating group) is 1. The lowest BCUT2D eigenvalue weighted by molar-refractivity contribution is -0.140. The minimum atomic E-state index is -0.436. The summed E-state index contributed by atoms with van der Waals surface area (Å²) in [5.41, 5.74) is 0. The molecule has 0 aromatic carbocycles. The molecule has 0 unspecified atom stereocenters. The molecule has 3 N–H and O–H groups in total. The van der Waals surface area contributed by atoms with Crippen molar-refractivity contribution in [1.29, 1.82) is 0 Å². The van der Waals surface area contributed by atoms with Gasteiger partial charge in [0.05, 0.1) is 12.6 Å². The molecule has 2 saturated heterocycles. The van der Waals surface area contributed by atoms with Gasteiger partial charge < -0.3 is 20.9 Å². The summed E-state index contributed by atoms with van der Waals surface area (Å²) in [5, 5.41) is 8.20. The highest BCUT2D eigenvalue weighted by Crippen LogP contribution is 2.20. The Morgan fingerprint density at radius 3 is 2.70 bits per heavy atom. The van der Waals surface area contributed by atoms with Gasteiger partial charge in [0.1, 0.15) is 6.04 Å². The molecule has 0 radical (unpaired) electrons. The molecule has 20 heavy (non-hydrogen) atoms. The first kappa shape index (κ1) is 14.8. The average Bonchev–Trinajstić information content (AvgIpc) is 3.13. The van der Waals surface area contributed by atoms with Gasteiger partial charge in [0.2, 0.25) is 17.7 Å². The molecular formula is C13H22N4O3. The van der Waals surface area contributed by atoms with Gasteiger partial charge in [-0.3, -0.25) is 14.4 Å². The number of carbonyl (C=O) groups is 3. The molecule has 0 aromatic rings. The van der Waals surface area contributed by atoms with Gasteiger partial charge in [0.15, 0.2) is 0 Å². The molecule has 0 bridgehead atoms. The molecule has 7 nitrogen and oxygen atoms in total. The first-order chi connectivity index (χ1) is 9.63. The molecule has 0 saturated carbocycles. The zero-order chi connectivity index (χ0) is 14.5. The number of nitrogens with one attached hydrogen (secondary N) is 3. The van der Waals surface area contributed by atoms with Crippen LogP contribution in [0.4, 0.5) is 0 Å². The number of likely N-dealkylation sites (tertiary alicyclic amines) is 1. The van der Waals surface area contributed by atoms with Crippen LogP contribution in [0.2, 0.25) is 0 Å². The monoisotopic (exact) mass is 282 g/mol. The third-order valence-corrected chi connectivity index (χ3v) is 3.90. The van der Waals surface area contributed by atoms with E-state index in [1.165, 1.54) is 7.05 Å². The van der Waals surface area contributed by atoms with Crippen molar-refractivity contribution in [1.82, 2.24) is 20.9 Å². The van der Waals surface area contributed by atoms with Crippen molar-refractivity contribution in [3.8, 4) is 0 Å². The van der Waals surface area contributed by atoms with Crippen molar-refractivity contribution in [3.05, 3.63) is 0 Å². The highest BCUT2D eigenvalue weighted by molar-refractivity contribution is 5.92. The van der Waals surface area contributed by atoms with Crippen LogP contribution in [0.15, 0.2) is 0 Å². The lowest BCUT2D eigenvalue weighted by atomic mass is 10.1. The van der Waals surface area contributed by atoms with Crippen molar-refractivity contribution in [3.63, 3.8) is 0 Å². The lowest BCUT2D eigenvalue weighted by Crippen LogP contribution is -2.52. The molecule has 2 atom stereocenters. The van der Waals surface area contributed by atoms with E-state index in [1.807, 2.05) is 0 Å². The first-order valence-corrected chi connectivity index (χ1v) is 7.15. The second kappa shape index (κ2) is 6.69. The summed E-state index contributed by atoms with van der Waals surface area (Å²) >= 11 is 0. The van der Waals surface area contributed by atoms with E-state index in [4.69, 9.17) is 0 Å². The third-order valence-electron chi connectivity index (χ3n) is 3.90. The van der Waals surface area contributed by atoms with E-state index in [1.54, 1.807) is 4.90 Å². The predicted molar refractivity (Wildman–Crippen MR) is 72.8 cm³/mol. The molecular weight excluding hydrogens is 260 g/mol. The molecule has 7 heteroatoms. The van der Waals surface area contributed by atoms with Crippen LogP contribution in [0.5, 0.6) is 0 Å². The summed E-state index contributed by atoms with van der Waals surface area (Å²) in [5.74, 6) is -0.468. The maximum atomic E-state index is 12.4. The molecule has 2 aliphatic rings. The quantitative estimate of drug-likeness (QED) is 0.591. The number of hydrogen-bond acceptors (Lipinski definition) is 4. The third kappa shape index (κ3) is 3.27. The zero-order valence-electron chi connectivity index (χ0n) is 11.8. The average molecular weight is 282 g/mol. The Balaban J connectivity index is 1.90.